The van der Waals surface area contributed by atoms with Gasteiger partial charge < -0.3 is 10.6 Å². The minimum Gasteiger partial charge on any atom is -0.306 e. The van der Waals surface area contributed by atoms with Crippen molar-refractivity contribution < 1.29 is 0 Å². The minimum atomic E-state index is 0.104. The van der Waals surface area contributed by atoms with Gasteiger partial charge in [0, 0.05) is 34.0 Å². The maximum Gasteiger partial charge on any atom is 0.0199 e. The molecular weight excluding hydrogens is 400 g/mol. The average Bonchev–Trinajstić information content (AvgIpc) is 3.06. The molecule has 1 aliphatic carbocycles. The Morgan fingerprint density at radius 1 is 0.545 bits per heavy atom. The molecule has 1 aromatic carbocycles. The zero-order chi connectivity index (χ0) is 24.8. The molecule has 3 fully saturated rings. The van der Waals surface area contributed by atoms with Crippen LogP contribution in [0.3, 0.4) is 0 Å². The van der Waals surface area contributed by atoms with Gasteiger partial charge in [0.1, 0.15) is 0 Å². The molecule has 4 rings (SSSR count). The number of benzene rings is 1. The molecule has 0 bridgehead atoms. The van der Waals surface area contributed by atoms with Crippen LogP contribution in [0.5, 0.6) is 0 Å². The van der Waals surface area contributed by atoms with Gasteiger partial charge >= 0.3 is 0 Å². The largest absolute Gasteiger partial charge is 0.306 e. The lowest BCUT2D eigenvalue weighted by atomic mass is 9.72. The Morgan fingerprint density at radius 3 is 1.18 bits per heavy atom. The highest BCUT2D eigenvalue weighted by Gasteiger charge is 2.49. The van der Waals surface area contributed by atoms with Crippen molar-refractivity contribution in [2.45, 2.75) is 149 Å². The summed E-state index contributed by atoms with van der Waals surface area (Å²) in [6.07, 6.45) is 4.98. The van der Waals surface area contributed by atoms with Crippen molar-refractivity contribution in [1.29, 1.82) is 0 Å². The third kappa shape index (κ3) is 4.81. The smallest absolute Gasteiger partial charge is 0.0199 e. The van der Waals surface area contributed by atoms with E-state index in [9.17, 15) is 0 Å². The van der Waals surface area contributed by atoms with Gasteiger partial charge in [-0.15, -0.1) is 0 Å². The summed E-state index contributed by atoms with van der Waals surface area (Å²) >= 11 is 0. The van der Waals surface area contributed by atoms with E-state index in [0.29, 0.717) is 28.6 Å². The van der Waals surface area contributed by atoms with Gasteiger partial charge in [-0.25, -0.2) is 0 Å². The van der Waals surface area contributed by atoms with Crippen molar-refractivity contribution in [1.82, 2.24) is 10.6 Å². The van der Waals surface area contributed by atoms with Crippen LogP contribution in [0.2, 0.25) is 0 Å². The van der Waals surface area contributed by atoms with Crippen LogP contribution in [0.1, 0.15) is 143 Å². The summed E-state index contributed by atoms with van der Waals surface area (Å²) in [6, 6.07) is 7.84. The Hall–Kier alpha value is -0.860. The highest BCUT2D eigenvalue weighted by molar-refractivity contribution is 5.42. The van der Waals surface area contributed by atoms with Crippen LogP contribution in [-0.4, -0.2) is 22.2 Å². The molecular formula is C31H52N2. The summed E-state index contributed by atoms with van der Waals surface area (Å²) in [5, 5.41) is 7.88. The molecule has 2 nitrogen and oxygen atoms in total. The van der Waals surface area contributed by atoms with E-state index in [1.165, 1.54) is 25.7 Å². The van der Waals surface area contributed by atoms with E-state index in [2.05, 4.69) is 112 Å². The van der Waals surface area contributed by atoms with Gasteiger partial charge in [0.25, 0.3) is 0 Å². The van der Waals surface area contributed by atoms with E-state index in [1.54, 1.807) is 16.7 Å². The summed E-state index contributed by atoms with van der Waals surface area (Å²) < 4.78 is 0. The predicted octanol–water partition coefficient (Wildman–Crippen LogP) is 7.88. The van der Waals surface area contributed by atoms with Crippen LogP contribution < -0.4 is 10.6 Å². The molecule has 3 atom stereocenters. The highest BCUT2D eigenvalue weighted by Crippen LogP contribution is 2.58. The highest BCUT2D eigenvalue weighted by atomic mass is 15.1. The average molecular weight is 453 g/mol. The Labute approximate surface area is 205 Å². The molecule has 3 aliphatic rings. The molecule has 0 radical (unpaired) electrons. The molecule has 0 spiro atoms. The van der Waals surface area contributed by atoms with Crippen LogP contribution in [0.4, 0.5) is 0 Å². The third-order valence-electron chi connectivity index (χ3n) is 9.33. The Balaban J connectivity index is 1.85. The van der Waals surface area contributed by atoms with Crippen molar-refractivity contribution in [2.24, 2.45) is 10.8 Å². The maximum absolute atomic E-state index is 3.94. The lowest BCUT2D eigenvalue weighted by molar-refractivity contribution is 0.292. The molecule has 3 unspecified atom stereocenters. The molecule has 2 heterocycles. The molecule has 1 aromatic rings. The van der Waals surface area contributed by atoms with Crippen LogP contribution in [-0.2, 0) is 0 Å². The van der Waals surface area contributed by atoms with Crippen molar-refractivity contribution in [3.05, 3.63) is 34.9 Å². The first kappa shape index (κ1) is 25.2. The quantitative estimate of drug-likeness (QED) is 0.487. The van der Waals surface area contributed by atoms with E-state index in [1.807, 2.05) is 0 Å². The zero-order valence-corrected chi connectivity index (χ0v) is 23.8. The molecule has 0 aromatic heterocycles. The van der Waals surface area contributed by atoms with Crippen LogP contribution in [0.25, 0.3) is 0 Å². The second-order valence-electron chi connectivity index (χ2n) is 16.0. The van der Waals surface area contributed by atoms with Gasteiger partial charge in [0.15, 0.2) is 0 Å². The first-order valence-electron chi connectivity index (χ1n) is 13.5. The van der Waals surface area contributed by atoms with Crippen LogP contribution >= 0.6 is 0 Å². The molecule has 2 aliphatic heterocycles. The summed E-state index contributed by atoms with van der Waals surface area (Å²) in [5.41, 5.74) is 6.03. The monoisotopic (exact) mass is 452 g/mol. The standard InChI is InChI=1S/C31H52N2/c1-26(2)16-23(27(3,4)19-26)20-13-21(24-17-28(5,6)32-30(24,9)10)15-22(14-20)25-18-29(7,8)33-31(25,11)12/h13-15,23-25,32-33H,16-19H2,1-12H3. The second-order valence-corrected chi connectivity index (χ2v) is 16.0. The van der Waals surface area contributed by atoms with E-state index < -0.39 is 0 Å². The van der Waals surface area contributed by atoms with Gasteiger partial charge in [-0.1, -0.05) is 45.9 Å². The fourth-order valence-electron chi connectivity index (χ4n) is 8.75. The number of nitrogens with one attached hydrogen (secondary N) is 2. The van der Waals surface area contributed by atoms with Crippen LogP contribution in [0, 0.1) is 10.8 Å². The van der Waals surface area contributed by atoms with E-state index in [-0.39, 0.29) is 22.2 Å². The zero-order valence-electron chi connectivity index (χ0n) is 23.8. The first-order chi connectivity index (χ1) is 14.7. The lowest BCUT2D eigenvalue weighted by Gasteiger charge is -2.34. The van der Waals surface area contributed by atoms with Crippen molar-refractivity contribution in [3.8, 4) is 0 Å². The summed E-state index contributed by atoms with van der Waals surface area (Å²) in [4.78, 5) is 0. The molecule has 2 saturated heterocycles. The first-order valence-corrected chi connectivity index (χ1v) is 13.5. The van der Waals surface area contributed by atoms with E-state index in [0.717, 1.165) is 0 Å². The fraction of sp³-hybridized carbons (Fsp3) is 0.806. The number of rotatable bonds is 3. The summed E-state index contributed by atoms with van der Waals surface area (Å²) in [7, 11) is 0. The molecule has 0 amide bonds. The lowest BCUT2D eigenvalue weighted by Crippen LogP contribution is -2.45. The third-order valence-corrected chi connectivity index (χ3v) is 9.33. The van der Waals surface area contributed by atoms with Crippen molar-refractivity contribution >= 4 is 0 Å². The molecule has 2 N–H and O–H groups in total. The minimum absolute atomic E-state index is 0.104. The van der Waals surface area contributed by atoms with Crippen LogP contribution in [0.15, 0.2) is 18.2 Å². The topological polar surface area (TPSA) is 24.1 Å². The fourth-order valence-corrected chi connectivity index (χ4v) is 8.75. The molecule has 33 heavy (non-hydrogen) atoms. The molecule has 186 valence electrons. The van der Waals surface area contributed by atoms with E-state index in [4.69, 9.17) is 0 Å². The number of hydrogen-bond acceptors (Lipinski definition) is 2. The predicted molar refractivity (Wildman–Crippen MR) is 143 cm³/mol. The Bertz CT molecular complexity index is 784. The Kier molecular flexibility index (Phi) is 5.60. The van der Waals surface area contributed by atoms with Gasteiger partial charge in [-0.05, 0) is 115 Å². The summed E-state index contributed by atoms with van der Waals surface area (Å²) in [5.74, 6) is 1.70. The van der Waals surface area contributed by atoms with E-state index >= 15 is 0 Å². The van der Waals surface area contributed by atoms with Gasteiger partial charge in [-0.2, -0.15) is 0 Å². The molecule has 1 saturated carbocycles. The van der Waals surface area contributed by atoms with Crippen molar-refractivity contribution in [2.75, 3.05) is 0 Å². The van der Waals surface area contributed by atoms with Crippen molar-refractivity contribution in [3.63, 3.8) is 0 Å². The normalized spacial score (nSPS) is 35.1. The van der Waals surface area contributed by atoms with Gasteiger partial charge in [0.2, 0.25) is 0 Å². The summed E-state index contributed by atoms with van der Waals surface area (Å²) in [6.45, 7) is 29.1. The maximum atomic E-state index is 3.94. The van der Waals surface area contributed by atoms with Gasteiger partial charge in [0.05, 0.1) is 0 Å². The number of hydrogen-bond donors (Lipinski definition) is 2. The molecule has 2 heteroatoms. The van der Waals surface area contributed by atoms with Gasteiger partial charge in [-0.3, -0.25) is 0 Å². The SMILES string of the molecule is CC1(C)CC(c2cc(C3CC(C)(C)NC3(C)C)cc(C3CC(C)(C)NC3(C)C)c2)C(C)(C)C1. The second kappa shape index (κ2) is 7.33. The Morgan fingerprint density at radius 2 is 0.909 bits per heavy atom.